The van der Waals surface area contributed by atoms with Gasteiger partial charge in [-0.3, -0.25) is 0 Å². The molecule has 0 bridgehead atoms. The number of morpholine rings is 1. The summed E-state index contributed by atoms with van der Waals surface area (Å²) in [6.45, 7) is 11.2. The highest BCUT2D eigenvalue weighted by atomic mass is 16.5. The number of rotatable bonds is 7. The van der Waals surface area contributed by atoms with Crippen molar-refractivity contribution in [1.82, 2.24) is 29.7 Å². The van der Waals surface area contributed by atoms with Crippen LogP contribution in [0.4, 0.5) is 11.8 Å². The Morgan fingerprint density at radius 1 is 1.08 bits per heavy atom. The first kappa shape index (κ1) is 25.3. The van der Waals surface area contributed by atoms with Crippen LogP contribution >= 0.6 is 0 Å². The van der Waals surface area contributed by atoms with Crippen molar-refractivity contribution in [3.05, 3.63) is 10.6 Å². The van der Waals surface area contributed by atoms with Gasteiger partial charge in [0.2, 0.25) is 11.8 Å². The highest BCUT2D eigenvalue weighted by Gasteiger charge is 2.33. The third-order valence-electron chi connectivity index (χ3n) is 9.15. The zero-order valence-corrected chi connectivity index (χ0v) is 22.9. The van der Waals surface area contributed by atoms with Crippen LogP contribution in [0.1, 0.15) is 72.6 Å². The number of ether oxygens (including phenoxy) is 1. The fourth-order valence-electron chi connectivity index (χ4n) is 6.20. The summed E-state index contributed by atoms with van der Waals surface area (Å²) in [6, 6.07) is 0.429. The van der Waals surface area contributed by atoms with E-state index in [1.165, 1.54) is 44.9 Å². The Kier molecular flexibility index (Phi) is 6.88. The smallest absolute Gasteiger partial charge is 0.384 e. The maximum absolute atomic E-state index is 11.7. The van der Waals surface area contributed by atoms with Crippen LogP contribution in [0, 0.1) is 17.8 Å². The van der Waals surface area contributed by atoms with E-state index >= 15 is 0 Å². The average molecular weight is 525 g/mol. The molecule has 6 rings (SSSR count). The van der Waals surface area contributed by atoms with Crippen LogP contribution in [0.2, 0.25) is 0 Å². The molecule has 0 aromatic carbocycles. The van der Waals surface area contributed by atoms with Gasteiger partial charge in [-0.2, -0.15) is 4.98 Å². The summed E-state index contributed by atoms with van der Waals surface area (Å²) in [5.74, 6) is 3.32. The second-order valence-corrected chi connectivity index (χ2v) is 11.8. The summed E-state index contributed by atoms with van der Waals surface area (Å²) in [4.78, 5) is 28.8. The summed E-state index contributed by atoms with van der Waals surface area (Å²) >= 11 is 0. The maximum Gasteiger partial charge on any atom is 0.434 e. The van der Waals surface area contributed by atoms with Crippen molar-refractivity contribution in [3.63, 3.8) is 0 Å². The molecule has 2 aliphatic carbocycles. The number of hydrogen-bond donors (Lipinski definition) is 2. The first-order chi connectivity index (χ1) is 18.4. The van der Waals surface area contributed by atoms with Gasteiger partial charge in [0.15, 0.2) is 11.5 Å². The Labute approximate surface area is 222 Å². The van der Waals surface area contributed by atoms with Crippen molar-refractivity contribution < 1.29 is 9.15 Å². The fraction of sp³-hybridized carbons (Fsp3) is 0.741. The molecule has 0 radical (unpaired) electrons. The molecule has 11 nitrogen and oxygen atoms in total. The van der Waals surface area contributed by atoms with Gasteiger partial charge in [-0.25, -0.2) is 19.9 Å². The Balaban J connectivity index is 1.49. The molecule has 0 amide bonds. The maximum atomic E-state index is 11.7. The number of H-pyrrole nitrogens is 1. The van der Waals surface area contributed by atoms with E-state index in [1.807, 2.05) is 0 Å². The molecule has 4 heterocycles. The largest absolute Gasteiger partial charge is 0.434 e. The lowest BCUT2D eigenvalue weighted by Gasteiger charge is -2.39. The van der Waals surface area contributed by atoms with E-state index in [4.69, 9.17) is 24.1 Å². The van der Waals surface area contributed by atoms with E-state index in [9.17, 15) is 4.79 Å². The molecule has 3 atom stereocenters. The molecule has 0 spiro atoms. The zero-order valence-electron chi connectivity index (χ0n) is 22.9. The third-order valence-corrected chi connectivity index (χ3v) is 9.15. The first-order valence-corrected chi connectivity index (χ1v) is 14.4. The first-order valence-electron chi connectivity index (χ1n) is 14.4. The molecule has 3 aromatic heterocycles. The molecule has 2 saturated carbocycles. The van der Waals surface area contributed by atoms with Crippen LogP contribution in [0.15, 0.2) is 9.21 Å². The van der Waals surface area contributed by atoms with Gasteiger partial charge >= 0.3 is 5.76 Å². The minimum atomic E-state index is -0.630. The van der Waals surface area contributed by atoms with Crippen LogP contribution in [0.3, 0.4) is 0 Å². The highest BCUT2D eigenvalue weighted by Crippen LogP contribution is 2.37. The van der Waals surface area contributed by atoms with E-state index < -0.39 is 5.76 Å². The minimum Gasteiger partial charge on any atom is -0.384 e. The van der Waals surface area contributed by atoms with E-state index in [-0.39, 0.29) is 29.9 Å². The van der Waals surface area contributed by atoms with E-state index in [2.05, 4.69) is 52.7 Å². The molecule has 3 aromatic rings. The summed E-state index contributed by atoms with van der Waals surface area (Å²) in [7, 11) is 0. The molecule has 3 fully saturated rings. The normalized spacial score (nSPS) is 27.4. The van der Waals surface area contributed by atoms with Gasteiger partial charge in [0, 0.05) is 19.1 Å². The molecular formula is C27H40N8O3. The van der Waals surface area contributed by atoms with Crippen LogP contribution in [-0.4, -0.2) is 61.1 Å². The molecule has 1 aliphatic heterocycles. The topological polar surface area (TPSA) is 127 Å². The highest BCUT2D eigenvalue weighted by molar-refractivity contribution is 5.87. The predicted molar refractivity (Wildman–Crippen MR) is 145 cm³/mol. The number of aromatic nitrogens is 6. The van der Waals surface area contributed by atoms with Gasteiger partial charge < -0.3 is 23.9 Å². The Morgan fingerprint density at radius 2 is 1.87 bits per heavy atom. The Bertz CT molecular complexity index is 1320. The van der Waals surface area contributed by atoms with Crippen LogP contribution in [0.5, 0.6) is 0 Å². The quantitative estimate of drug-likeness (QED) is 0.467. The van der Waals surface area contributed by atoms with Crippen molar-refractivity contribution in [2.45, 2.75) is 97.4 Å². The van der Waals surface area contributed by atoms with Crippen molar-refractivity contribution >= 4 is 22.9 Å². The molecular weight excluding hydrogens is 484 g/mol. The monoisotopic (exact) mass is 524 g/mol. The fourth-order valence-corrected chi connectivity index (χ4v) is 6.20. The van der Waals surface area contributed by atoms with Crippen molar-refractivity contribution in [2.24, 2.45) is 17.8 Å². The molecule has 0 unspecified atom stereocenters. The number of imidazole rings is 1. The van der Waals surface area contributed by atoms with Crippen LogP contribution in [0.25, 0.3) is 22.9 Å². The number of anilines is 2. The van der Waals surface area contributed by atoms with Crippen molar-refractivity contribution in [1.29, 1.82) is 0 Å². The summed E-state index contributed by atoms with van der Waals surface area (Å²) in [6.07, 6.45) is 8.77. The lowest BCUT2D eigenvalue weighted by atomic mass is 9.80. The van der Waals surface area contributed by atoms with Gasteiger partial charge in [0.05, 0.1) is 18.8 Å². The number of nitrogens with one attached hydrogen (secondary N) is 2. The Hall–Kier alpha value is -2.95. The molecule has 206 valence electrons. The lowest BCUT2D eigenvalue weighted by molar-refractivity contribution is 0.0274. The van der Waals surface area contributed by atoms with Gasteiger partial charge in [0.25, 0.3) is 5.89 Å². The summed E-state index contributed by atoms with van der Waals surface area (Å²) in [5.41, 5.74) is 1.51. The SMILES string of the molecule is CC1CCC(Cn2c(N3CCO[C@H](C)[C@H]3C)nc3nc(-c4n[nH]c(=O)o4)nc(N[C@H](C)C4CCC4)c32)CC1. The number of nitrogens with zero attached hydrogens (tertiary/aromatic N) is 6. The van der Waals surface area contributed by atoms with E-state index in [0.29, 0.717) is 24.1 Å². The molecule has 1 saturated heterocycles. The Morgan fingerprint density at radius 3 is 2.55 bits per heavy atom. The second-order valence-electron chi connectivity index (χ2n) is 11.8. The average Bonchev–Trinajstić information content (AvgIpc) is 3.45. The number of aromatic amines is 1. The molecule has 38 heavy (non-hydrogen) atoms. The lowest BCUT2D eigenvalue weighted by Crippen LogP contribution is -2.49. The van der Waals surface area contributed by atoms with E-state index in [1.54, 1.807) is 0 Å². The molecule has 3 aliphatic rings. The number of fused-ring (bicyclic) bond motifs is 1. The molecule has 11 heteroatoms. The minimum absolute atomic E-state index is 0.0713. The standard InChI is InChI=1S/C27H40N8O3/c1-15-8-10-19(11-9-15)14-35-21-22(28-16(2)20-6-5-7-20)29-24(25-32-33-27(36)38-25)30-23(21)31-26(35)34-12-13-37-18(4)17(34)3/h15-20H,5-14H2,1-4H3,(H,33,36)(H,28,29,30)/t15?,16-,17-,18-,19?/m1/s1. The van der Waals surface area contributed by atoms with Gasteiger partial charge in [-0.15, -0.1) is 5.10 Å². The third kappa shape index (κ3) is 4.81. The number of hydrogen-bond acceptors (Lipinski definition) is 9. The summed E-state index contributed by atoms with van der Waals surface area (Å²) in [5, 5.41) is 10.0. The van der Waals surface area contributed by atoms with E-state index in [0.717, 1.165) is 36.3 Å². The van der Waals surface area contributed by atoms with Gasteiger partial charge in [0.1, 0.15) is 5.52 Å². The van der Waals surface area contributed by atoms with Crippen molar-refractivity contribution in [3.8, 4) is 11.7 Å². The molecule has 2 N–H and O–H groups in total. The summed E-state index contributed by atoms with van der Waals surface area (Å²) < 4.78 is 13.5. The van der Waals surface area contributed by atoms with Gasteiger partial charge in [-0.05, 0) is 64.2 Å². The van der Waals surface area contributed by atoms with Crippen LogP contribution in [-0.2, 0) is 11.3 Å². The second kappa shape index (κ2) is 10.3. The van der Waals surface area contributed by atoms with Gasteiger partial charge in [-0.1, -0.05) is 26.2 Å². The zero-order chi connectivity index (χ0) is 26.4. The predicted octanol–water partition coefficient (Wildman–Crippen LogP) is 4.21. The van der Waals surface area contributed by atoms with Crippen LogP contribution < -0.4 is 16.0 Å². The van der Waals surface area contributed by atoms with Crippen molar-refractivity contribution in [2.75, 3.05) is 23.4 Å².